The lowest BCUT2D eigenvalue weighted by molar-refractivity contribution is -0.122. The number of benzene rings is 2. The number of hydrogen-bond donors (Lipinski definition) is 0. The standard InChI is InChI=1S/C19H13FN2OS2/c20-16-11-5-4-10-15(16)13-17-18(23)22(19(24)25-17)21-12-6-9-14-7-2-1-3-8-14/h1-13H/b9-6-,17-13+,21-12+. The quantitative estimate of drug-likeness (QED) is 0.444. The average Bonchev–Trinajstić information content (AvgIpc) is 2.88. The number of thioether (sulfide) groups is 1. The van der Waals surface area contributed by atoms with Crippen molar-refractivity contribution in [2.24, 2.45) is 5.10 Å². The largest absolute Gasteiger partial charge is 0.286 e. The number of thiocarbonyl (C=S) groups is 1. The van der Waals surface area contributed by atoms with E-state index in [0.717, 1.165) is 22.3 Å². The van der Waals surface area contributed by atoms with E-state index in [1.54, 1.807) is 24.3 Å². The Balaban J connectivity index is 1.72. The van der Waals surface area contributed by atoms with Crippen molar-refractivity contribution in [3.63, 3.8) is 0 Å². The summed E-state index contributed by atoms with van der Waals surface area (Å²) >= 11 is 6.29. The molecule has 3 rings (SSSR count). The van der Waals surface area contributed by atoms with E-state index in [1.807, 2.05) is 36.4 Å². The van der Waals surface area contributed by atoms with Crippen LogP contribution in [0.25, 0.3) is 12.2 Å². The summed E-state index contributed by atoms with van der Waals surface area (Å²) in [6, 6.07) is 16.0. The Morgan fingerprint density at radius 1 is 1.08 bits per heavy atom. The Hall–Kier alpha value is -2.57. The molecule has 6 heteroatoms. The highest BCUT2D eigenvalue weighted by atomic mass is 32.2. The first-order valence-electron chi connectivity index (χ1n) is 7.43. The van der Waals surface area contributed by atoms with E-state index in [2.05, 4.69) is 5.10 Å². The third-order valence-corrected chi connectivity index (χ3v) is 4.60. The minimum Gasteiger partial charge on any atom is -0.266 e. The van der Waals surface area contributed by atoms with Crippen LogP contribution in [-0.4, -0.2) is 21.5 Å². The van der Waals surface area contributed by atoms with Crippen molar-refractivity contribution in [2.75, 3.05) is 0 Å². The van der Waals surface area contributed by atoms with Crippen LogP contribution in [0, 0.1) is 5.82 Å². The van der Waals surface area contributed by atoms with Gasteiger partial charge in [0.15, 0.2) is 4.32 Å². The normalized spacial score (nSPS) is 16.7. The van der Waals surface area contributed by atoms with Crippen molar-refractivity contribution in [2.45, 2.75) is 0 Å². The van der Waals surface area contributed by atoms with Crippen LogP contribution in [-0.2, 0) is 4.79 Å². The maximum absolute atomic E-state index is 13.7. The first kappa shape index (κ1) is 17.3. The molecule has 0 spiro atoms. The van der Waals surface area contributed by atoms with E-state index >= 15 is 0 Å². The van der Waals surface area contributed by atoms with Crippen molar-refractivity contribution >= 4 is 52.6 Å². The Morgan fingerprint density at radius 3 is 2.56 bits per heavy atom. The fourth-order valence-electron chi connectivity index (χ4n) is 2.12. The lowest BCUT2D eigenvalue weighted by atomic mass is 10.2. The molecular weight excluding hydrogens is 355 g/mol. The first-order valence-corrected chi connectivity index (χ1v) is 8.66. The predicted octanol–water partition coefficient (Wildman–Crippen LogP) is 4.73. The van der Waals surface area contributed by atoms with E-state index in [4.69, 9.17) is 12.2 Å². The molecule has 1 fully saturated rings. The second-order valence-corrected chi connectivity index (χ2v) is 6.73. The number of amides is 1. The highest BCUT2D eigenvalue weighted by Gasteiger charge is 2.32. The number of allylic oxidation sites excluding steroid dienone is 1. The molecule has 3 nitrogen and oxygen atoms in total. The summed E-state index contributed by atoms with van der Waals surface area (Å²) in [6.07, 6.45) is 6.60. The Bertz CT molecular complexity index is 891. The summed E-state index contributed by atoms with van der Waals surface area (Å²) in [6.45, 7) is 0. The van der Waals surface area contributed by atoms with Crippen LogP contribution < -0.4 is 0 Å². The molecule has 0 N–H and O–H groups in total. The van der Waals surface area contributed by atoms with E-state index in [-0.39, 0.29) is 11.7 Å². The molecule has 0 bridgehead atoms. The van der Waals surface area contributed by atoms with Crippen LogP contribution in [0.1, 0.15) is 11.1 Å². The predicted molar refractivity (Wildman–Crippen MR) is 105 cm³/mol. The lowest BCUT2D eigenvalue weighted by Gasteiger charge is -2.04. The van der Waals surface area contributed by atoms with E-state index in [1.165, 1.54) is 18.4 Å². The van der Waals surface area contributed by atoms with Crippen molar-refractivity contribution in [3.05, 3.63) is 82.5 Å². The lowest BCUT2D eigenvalue weighted by Crippen LogP contribution is -2.21. The van der Waals surface area contributed by atoms with Gasteiger partial charge in [0.2, 0.25) is 0 Å². The molecule has 0 aliphatic carbocycles. The molecule has 1 aliphatic heterocycles. The summed E-state index contributed by atoms with van der Waals surface area (Å²) in [7, 11) is 0. The number of halogens is 1. The minimum atomic E-state index is -0.387. The van der Waals surface area contributed by atoms with Gasteiger partial charge in [-0.05, 0) is 36.0 Å². The van der Waals surface area contributed by atoms with Crippen LogP contribution in [0.5, 0.6) is 0 Å². The second kappa shape index (κ2) is 8.00. The summed E-state index contributed by atoms with van der Waals surface area (Å²) in [5.41, 5.74) is 1.37. The molecule has 1 amide bonds. The molecule has 2 aromatic carbocycles. The molecule has 0 aromatic heterocycles. The molecule has 1 heterocycles. The van der Waals surface area contributed by atoms with E-state index < -0.39 is 0 Å². The van der Waals surface area contributed by atoms with Crippen molar-refractivity contribution in [3.8, 4) is 0 Å². The highest BCUT2D eigenvalue weighted by Crippen LogP contribution is 2.32. The maximum Gasteiger partial charge on any atom is 0.286 e. The number of hydrazone groups is 1. The van der Waals surface area contributed by atoms with Crippen molar-refractivity contribution in [1.29, 1.82) is 0 Å². The summed E-state index contributed by atoms with van der Waals surface area (Å²) in [4.78, 5) is 12.7. The van der Waals surface area contributed by atoms with Gasteiger partial charge in [0.25, 0.3) is 5.91 Å². The molecule has 0 saturated carbocycles. The Morgan fingerprint density at radius 2 is 1.80 bits per heavy atom. The number of carbonyl (C=O) groups is 1. The van der Waals surface area contributed by atoms with Gasteiger partial charge in [-0.2, -0.15) is 10.1 Å². The molecule has 25 heavy (non-hydrogen) atoms. The zero-order valence-electron chi connectivity index (χ0n) is 13.0. The zero-order chi connectivity index (χ0) is 17.6. The minimum absolute atomic E-state index is 0.317. The monoisotopic (exact) mass is 368 g/mol. The Labute approximate surface area is 154 Å². The Kier molecular flexibility index (Phi) is 5.53. The van der Waals surface area contributed by atoms with Gasteiger partial charge in [-0.15, -0.1) is 0 Å². The molecule has 0 radical (unpaired) electrons. The molecule has 0 atom stereocenters. The summed E-state index contributed by atoms with van der Waals surface area (Å²) < 4.78 is 14.0. The molecule has 124 valence electrons. The van der Waals surface area contributed by atoms with Crippen molar-refractivity contribution < 1.29 is 9.18 Å². The van der Waals surface area contributed by atoms with E-state index in [0.29, 0.717) is 14.8 Å². The van der Waals surface area contributed by atoms with Gasteiger partial charge in [-0.1, -0.05) is 66.4 Å². The summed E-state index contributed by atoms with van der Waals surface area (Å²) in [5, 5.41) is 5.23. The van der Waals surface area contributed by atoms with Gasteiger partial charge in [0, 0.05) is 11.8 Å². The molecule has 0 unspecified atom stereocenters. The number of rotatable bonds is 4. The van der Waals surface area contributed by atoms with Gasteiger partial charge in [-0.25, -0.2) is 4.39 Å². The van der Waals surface area contributed by atoms with Crippen LogP contribution >= 0.6 is 24.0 Å². The topological polar surface area (TPSA) is 32.7 Å². The second-order valence-electron chi connectivity index (χ2n) is 5.05. The van der Waals surface area contributed by atoms with E-state index in [9.17, 15) is 9.18 Å². The van der Waals surface area contributed by atoms with Gasteiger partial charge in [0.1, 0.15) is 5.82 Å². The third kappa shape index (κ3) is 4.29. The van der Waals surface area contributed by atoms with Crippen molar-refractivity contribution in [1.82, 2.24) is 5.01 Å². The SMILES string of the molecule is O=C1/C(=C\c2ccccc2F)SC(=S)N1/N=C/C=C\c1ccccc1. The molecule has 2 aromatic rings. The molecule has 1 aliphatic rings. The number of nitrogens with zero attached hydrogens (tertiary/aromatic N) is 2. The molecular formula is C19H13FN2OS2. The molecule has 1 saturated heterocycles. The summed E-state index contributed by atoms with van der Waals surface area (Å²) in [5.74, 6) is -0.746. The van der Waals surface area contributed by atoms with Gasteiger partial charge in [0.05, 0.1) is 4.91 Å². The fourth-order valence-corrected chi connectivity index (χ4v) is 3.28. The fraction of sp³-hybridized carbons (Fsp3) is 0. The van der Waals surface area contributed by atoms with Crippen LogP contribution in [0.4, 0.5) is 4.39 Å². The number of carbonyl (C=O) groups excluding carboxylic acids is 1. The van der Waals surface area contributed by atoms with Gasteiger partial charge < -0.3 is 0 Å². The van der Waals surface area contributed by atoms with Crippen LogP contribution in [0.3, 0.4) is 0 Å². The number of hydrogen-bond acceptors (Lipinski definition) is 4. The third-order valence-electron chi connectivity index (χ3n) is 3.32. The van der Waals surface area contributed by atoms with Crippen LogP contribution in [0.15, 0.2) is 70.7 Å². The highest BCUT2D eigenvalue weighted by molar-refractivity contribution is 8.26. The van der Waals surface area contributed by atoms with Gasteiger partial charge in [-0.3, -0.25) is 4.79 Å². The first-order chi connectivity index (χ1) is 12.1. The maximum atomic E-state index is 13.7. The zero-order valence-corrected chi connectivity index (χ0v) is 14.6. The van der Waals surface area contributed by atoms with Gasteiger partial charge >= 0.3 is 0 Å². The average molecular weight is 368 g/mol. The van der Waals surface area contributed by atoms with Crippen LogP contribution in [0.2, 0.25) is 0 Å². The smallest absolute Gasteiger partial charge is 0.266 e.